The third kappa shape index (κ3) is 7.92. The number of hydrogen-bond donors (Lipinski definition) is 3. The molecule has 1 rings (SSSR count). The number of benzene rings is 1. The van der Waals surface area contributed by atoms with Crippen molar-refractivity contribution in [3.63, 3.8) is 0 Å². The molecule has 0 heterocycles. The second-order valence-electron chi connectivity index (χ2n) is 7.13. The Morgan fingerprint density at radius 3 is 2.14 bits per heavy atom. The van der Waals surface area contributed by atoms with Gasteiger partial charge in [-0.25, -0.2) is 0 Å². The van der Waals surface area contributed by atoms with Crippen LogP contribution < -0.4 is 20.4 Å². The Bertz CT molecular complexity index is 689. The van der Waals surface area contributed by atoms with Gasteiger partial charge in [-0.1, -0.05) is 0 Å². The van der Waals surface area contributed by atoms with Gasteiger partial charge in [-0.2, -0.15) is 13.2 Å². The zero-order valence-corrected chi connectivity index (χ0v) is 17.7. The molecule has 0 aliphatic carbocycles. The first-order valence-electron chi connectivity index (χ1n) is 9.90. The van der Waals surface area contributed by atoms with Crippen LogP contribution >= 0.6 is 0 Å². The van der Waals surface area contributed by atoms with E-state index in [1.165, 1.54) is 6.07 Å². The fraction of sp³-hybridized carbons (Fsp3) is 0.600. The fourth-order valence-corrected chi connectivity index (χ4v) is 2.99. The minimum atomic E-state index is -4.50. The predicted octanol–water partition coefficient (Wildman–Crippen LogP) is 1.92. The molecule has 9 heteroatoms. The van der Waals surface area contributed by atoms with Crippen molar-refractivity contribution in [1.82, 2.24) is 5.32 Å². The number of likely N-dealkylation sites (N-methyl/N-ethyl adjacent to an activating group) is 1. The van der Waals surface area contributed by atoms with Crippen molar-refractivity contribution in [3.8, 4) is 0 Å². The van der Waals surface area contributed by atoms with Crippen LogP contribution in [0.2, 0.25) is 0 Å². The second kappa shape index (κ2) is 11.0. The summed E-state index contributed by atoms with van der Waals surface area (Å²) in [5, 5.41) is 5.39. The molecule has 1 aromatic carbocycles. The van der Waals surface area contributed by atoms with E-state index in [1.807, 2.05) is 39.5 Å². The van der Waals surface area contributed by atoms with Crippen LogP contribution in [0.5, 0.6) is 0 Å². The summed E-state index contributed by atoms with van der Waals surface area (Å²) in [5.74, 6) is -0.612. The minimum absolute atomic E-state index is 0.00355. The smallest absolute Gasteiger partial charge is 0.370 e. The Labute approximate surface area is 170 Å². The maximum Gasteiger partial charge on any atom is 0.416 e. The zero-order chi connectivity index (χ0) is 22.2. The van der Waals surface area contributed by atoms with Gasteiger partial charge in [0.05, 0.1) is 23.5 Å². The van der Waals surface area contributed by atoms with Crippen molar-refractivity contribution >= 4 is 23.2 Å². The third-order valence-electron chi connectivity index (χ3n) is 4.47. The Kier molecular flexibility index (Phi) is 9.42. The molecule has 0 fully saturated rings. The highest BCUT2D eigenvalue weighted by molar-refractivity contribution is 5.95. The largest absolute Gasteiger partial charge is 0.416 e. The molecule has 1 aromatic rings. The van der Waals surface area contributed by atoms with Crippen LogP contribution in [0.1, 0.15) is 40.2 Å². The molecule has 0 radical (unpaired) electrons. The van der Waals surface area contributed by atoms with E-state index in [4.69, 9.17) is 0 Å². The molecule has 0 saturated heterocycles. The Morgan fingerprint density at radius 2 is 1.66 bits per heavy atom. The Morgan fingerprint density at radius 1 is 1.07 bits per heavy atom. The number of nitrogens with one attached hydrogen (secondary N) is 3. The van der Waals surface area contributed by atoms with E-state index in [2.05, 4.69) is 10.6 Å². The van der Waals surface area contributed by atoms with Crippen LogP contribution in [0.25, 0.3) is 0 Å². The Hall–Kier alpha value is -2.29. The standard InChI is InChI=1S/C20H31F3N4O2/c1-6-26(12-18(28)24-14(4)5)13-19(29)25-16-11-15(20(21,22)23)9-10-17(16)27(7-2)8-3/h9-11,14H,6-8,12-13H2,1-5H3,(H,24,28)(H,25,29)/p+1. The predicted molar refractivity (Wildman–Crippen MR) is 108 cm³/mol. The monoisotopic (exact) mass is 417 g/mol. The summed E-state index contributed by atoms with van der Waals surface area (Å²) in [4.78, 5) is 27.1. The average Bonchev–Trinajstić information content (AvgIpc) is 2.61. The lowest BCUT2D eigenvalue weighted by Gasteiger charge is -2.25. The normalized spacial score (nSPS) is 12.6. The van der Waals surface area contributed by atoms with E-state index in [1.54, 1.807) is 0 Å². The third-order valence-corrected chi connectivity index (χ3v) is 4.47. The first kappa shape index (κ1) is 24.7. The van der Waals surface area contributed by atoms with Gasteiger partial charge in [0.25, 0.3) is 11.8 Å². The number of nitrogens with zero attached hydrogens (tertiary/aromatic N) is 1. The zero-order valence-electron chi connectivity index (χ0n) is 17.7. The lowest BCUT2D eigenvalue weighted by molar-refractivity contribution is -0.881. The van der Waals surface area contributed by atoms with Crippen LogP contribution in [0.4, 0.5) is 24.5 Å². The second-order valence-corrected chi connectivity index (χ2v) is 7.13. The molecule has 3 N–H and O–H groups in total. The number of anilines is 2. The number of alkyl halides is 3. The molecule has 0 aromatic heterocycles. The van der Waals surface area contributed by atoms with Gasteiger partial charge in [0, 0.05) is 19.1 Å². The van der Waals surface area contributed by atoms with Gasteiger partial charge < -0.3 is 20.4 Å². The lowest BCUT2D eigenvalue weighted by atomic mass is 10.1. The van der Waals surface area contributed by atoms with Gasteiger partial charge in [0.15, 0.2) is 13.1 Å². The molecule has 0 saturated carbocycles. The summed E-state index contributed by atoms with van der Waals surface area (Å²) in [6.45, 7) is 11.1. The summed E-state index contributed by atoms with van der Waals surface area (Å²) < 4.78 is 39.4. The molecule has 1 unspecified atom stereocenters. The first-order valence-corrected chi connectivity index (χ1v) is 9.90. The van der Waals surface area contributed by atoms with Crippen LogP contribution in [-0.4, -0.2) is 50.6 Å². The van der Waals surface area contributed by atoms with Crippen molar-refractivity contribution in [2.45, 2.75) is 46.8 Å². The van der Waals surface area contributed by atoms with E-state index in [-0.39, 0.29) is 30.7 Å². The molecule has 1 atom stereocenters. The molecule has 164 valence electrons. The number of amides is 2. The highest BCUT2D eigenvalue weighted by Gasteiger charge is 2.31. The quantitative estimate of drug-likeness (QED) is 0.545. The fourth-order valence-electron chi connectivity index (χ4n) is 2.99. The van der Waals surface area contributed by atoms with E-state index in [0.717, 1.165) is 17.0 Å². The van der Waals surface area contributed by atoms with Crippen LogP contribution in [0.3, 0.4) is 0 Å². The number of rotatable bonds is 10. The average molecular weight is 417 g/mol. The molecule has 2 amide bonds. The lowest BCUT2D eigenvalue weighted by Crippen LogP contribution is -3.14. The van der Waals surface area contributed by atoms with Gasteiger partial charge in [-0.15, -0.1) is 0 Å². The molecule has 0 spiro atoms. The van der Waals surface area contributed by atoms with Crippen molar-refractivity contribution in [2.24, 2.45) is 0 Å². The first-order chi connectivity index (χ1) is 13.5. The SMILES string of the molecule is CCN(CC)c1ccc(C(F)(F)F)cc1NC(=O)C[NH+](CC)CC(=O)NC(C)C. The van der Waals surface area contributed by atoms with Gasteiger partial charge in [0.2, 0.25) is 0 Å². The highest BCUT2D eigenvalue weighted by Crippen LogP contribution is 2.35. The summed E-state index contributed by atoms with van der Waals surface area (Å²) in [6.07, 6.45) is -4.50. The molecular formula is C20H32F3N4O2+. The summed E-state index contributed by atoms with van der Waals surface area (Å²) in [5.41, 5.74) is -0.165. The van der Waals surface area contributed by atoms with Gasteiger partial charge in [0.1, 0.15) is 0 Å². The Balaban J connectivity index is 3.00. The van der Waals surface area contributed by atoms with Crippen molar-refractivity contribution in [1.29, 1.82) is 0 Å². The minimum Gasteiger partial charge on any atom is -0.370 e. The summed E-state index contributed by atoms with van der Waals surface area (Å²) >= 11 is 0. The van der Waals surface area contributed by atoms with Crippen LogP contribution in [-0.2, 0) is 15.8 Å². The van der Waals surface area contributed by atoms with Crippen LogP contribution in [0.15, 0.2) is 18.2 Å². The van der Waals surface area contributed by atoms with Crippen molar-refractivity contribution in [2.75, 3.05) is 42.9 Å². The molecule has 0 aliphatic heterocycles. The molecule has 0 bridgehead atoms. The number of halogens is 3. The number of carbonyl (C=O) groups is 2. The number of carbonyl (C=O) groups excluding carboxylic acids is 2. The van der Waals surface area contributed by atoms with E-state index >= 15 is 0 Å². The maximum atomic E-state index is 13.1. The highest BCUT2D eigenvalue weighted by atomic mass is 19.4. The summed E-state index contributed by atoms with van der Waals surface area (Å²) in [7, 11) is 0. The van der Waals surface area contributed by atoms with E-state index < -0.39 is 17.6 Å². The molecule has 29 heavy (non-hydrogen) atoms. The molecule has 6 nitrogen and oxygen atoms in total. The van der Waals surface area contributed by atoms with Gasteiger partial charge in [-0.3, -0.25) is 9.59 Å². The molecule has 0 aliphatic rings. The summed E-state index contributed by atoms with van der Waals surface area (Å²) in [6, 6.07) is 3.36. The van der Waals surface area contributed by atoms with Crippen molar-refractivity contribution in [3.05, 3.63) is 23.8 Å². The van der Waals surface area contributed by atoms with E-state index in [9.17, 15) is 22.8 Å². The number of quaternary nitrogens is 1. The topological polar surface area (TPSA) is 65.9 Å². The van der Waals surface area contributed by atoms with Gasteiger partial charge >= 0.3 is 6.18 Å². The van der Waals surface area contributed by atoms with Gasteiger partial charge in [-0.05, 0) is 52.8 Å². The van der Waals surface area contributed by atoms with E-state index in [0.29, 0.717) is 25.3 Å². The molecular weight excluding hydrogens is 385 g/mol. The van der Waals surface area contributed by atoms with Crippen LogP contribution in [0, 0.1) is 0 Å². The number of hydrogen-bond acceptors (Lipinski definition) is 3. The van der Waals surface area contributed by atoms with Crippen molar-refractivity contribution < 1.29 is 27.7 Å². The maximum absolute atomic E-state index is 13.1.